The average Bonchev–Trinajstić information content (AvgIpc) is 3.83. The second-order valence-corrected chi connectivity index (χ2v) is 12.7. The Hall–Kier alpha value is -6.83. The number of aromatic hydroxyl groups is 2. The van der Waals surface area contributed by atoms with Gasteiger partial charge >= 0.3 is 0 Å². The molecule has 2 aliphatic rings. The van der Waals surface area contributed by atoms with Crippen LogP contribution in [0.2, 0.25) is 0 Å². The number of benzene rings is 4. The molecule has 1 fully saturated rings. The van der Waals surface area contributed by atoms with Gasteiger partial charge < -0.3 is 29.4 Å². The number of aliphatic imine (C=N–C) groups is 1. The van der Waals surface area contributed by atoms with Crippen LogP contribution in [-0.4, -0.2) is 51.3 Å². The lowest BCUT2D eigenvalue weighted by atomic mass is 10.0. The van der Waals surface area contributed by atoms with E-state index in [4.69, 9.17) is 6.42 Å². The van der Waals surface area contributed by atoms with Crippen LogP contribution >= 0.6 is 0 Å². The van der Waals surface area contributed by atoms with Gasteiger partial charge in [0.15, 0.2) is 11.9 Å². The third-order valence-electron chi connectivity index (χ3n) is 9.30. The highest BCUT2D eigenvalue weighted by atomic mass is 16.3. The molecular weight excluding hydrogens is 653 g/mol. The molecule has 1 unspecified atom stereocenters. The molecule has 7 aromatic rings. The molecule has 10 heteroatoms. The Morgan fingerprint density at radius 2 is 1.31 bits per heavy atom. The minimum Gasteiger partial charge on any atom is -0.508 e. The molecule has 4 aromatic carbocycles. The van der Waals surface area contributed by atoms with Crippen molar-refractivity contribution in [2.45, 2.75) is 31.7 Å². The molecule has 1 atom stereocenters. The third-order valence-corrected chi connectivity index (χ3v) is 9.30. The first-order valence-corrected chi connectivity index (χ1v) is 16.9. The molecule has 3 aromatic heterocycles. The fraction of sp³-hybridized carbons (Fsp3) is 0.119. The zero-order valence-electron chi connectivity index (χ0n) is 28.0. The number of phenols is 2. The Kier molecular flexibility index (Phi) is 8.39. The molecule has 1 aliphatic heterocycles. The topological polar surface area (TPSA) is 121 Å². The number of aliphatic hydroxyl groups excluding tert-OH is 1. The number of phenolic OH excluding ortho intramolecular Hbond substituents is 2. The lowest BCUT2D eigenvalue weighted by Crippen LogP contribution is -2.31. The lowest BCUT2D eigenvalue weighted by molar-refractivity contribution is 0.0499. The van der Waals surface area contributed by atoms with Gasteiger partial charge in [-0.15, -0.1) is 6.42 Å². The van der Waals surface area contributed by atoms with Gasteiger partial charge in [0, 0.05) is 40.9 Å². The summed E-state index contributed by atoms with van der Waals surface area (Å²) in [5, 5.41) is 30.7. The van der Waals surface area contributed by atoms with Crippen LogP contribution in [0.3, 0.4) is 0 Å². The van der Waals surface area contributed by atoms with Crippen molar-refractivity contribution >= 4 is 23.2 Å². The van der Waals surface area contributed by atoms with Crippen LogP contribution in [-0.2, 0) is 6.54 Å². The molecule has 1 aliphatic carbocycles. The molecule has 0 spiro atoms. The molecule has 1 saturated carbocycles. The average molecular weight is 687 g/mol. The van der Waals surface area contributed by atoms with Crippen LogP contribution in [0.5, 0.6) is 11.5 Å². The predicted octanol–water partition coefficient (Wildman–Crippen LogP) is 7.17. The van der Waals surface area contributed by atoms with Crippen molar-refractivity contribution in [3.05, 3.63) is 144 Å². The van der Waals surface area contributed by atoms with Gasteiger partial charge in [0.1, 0.15) is 23.6 Å². The first-order valence-electron chi connectivity index (χ1n) is 16.9. The van der Waals surface area contributed by atoms with E-state index in [0.717, 1.165) is 57.9 Å². The SMILES string of the molecule is C#CCn1cnc2c(c(-c3ccc(O)cc3)cn2-c2ccccc2)c1=O.Oc1ccc(-c2cn(-c3ccccc3)c3c2C(O)N(C2CC2)C=N3)cc1. The molecule has 10 nitrogen and oxygen atoms in total. The van der Waals surface area contributed by atoms with Gasteiger partial charge in [-0.25, -0.2) is 9.98 Å². The van der Waals surface area contributed by atoms with E-state index in [-0.39, 0.29) is 23.6 Å². The van der Waals surface area contributed by atoms with Crippen LogP contribution in [0.25, 0.3) is 44.7 Å². The van der Waals surface area contributed by atoms with E-state index < -0.39 is 6.23 Å². The number of aliphatic hydroxyl groups is 1. The Morgan fingerprint density at radius 3 is 1.88 bits per heavy atom. The van der Waals surface area contributed by atoms with Gasteiger partial charge in [-0.2, -0.15) is 0 Å². The third kappa shape index (κ3) is 5.99. The van der Waals surface area contributed by atoms with Crippen molar-refractivity contribution in [1.29, 1.82) is 0 Å². The number of hydrogen-bond donors (Lipinski definition) is 3. The molecule has 0 radical (unpaired) electrons. The zero-order chi connectivity index (χ0) is 35.8. The number of hydrogen-bond acceptors (Lipinski definition) is 7. The van der Waals surface area contributed by atoms with E-state index in [0.29, 0.717) is 17.1 Å². The van der Waals surface area contributed by atoms with Gasteiger partial charge in [0.2, 0.25) is 0 Å². The highest BCUT2D eigenvalue weighted by Gasteiger charge is 2.37. The van der Waals surface area contributed by atoms with Gasteiger partial charge in [0.05, 0.1) is 23.8 Å². The van der Waals surface area contributed by atoms with Gasteiger partial charge in [-0.1, -0.05) is 66.6 Å². The maximum Gasteiger partial charge on any atom is 0.264 e. The lowest BCUT2D eigenvalue weighted by Gasteiger charge is -2.29. The van der Waals surface area contributed by atoms with E-state index in [1.54, 1.807) is 42.7 Å². The Labute approximate surface area is 299 Å². The minimum atomic E-state index is -0.719. The van der Waals surface area contributed by atoms with E-state index in [1.165, 1.54) is 10.9 Å². The summed E-state index contributed by atoms with van der Waals surface area (Å²) in [4.78, 5) is 24.1. The van der Waals surface area contributed by atoms with Gasteiger partial charge in [-0.3, -0.25) is 9.36 Å². The predicted molar refractivity (Wildman–Crippen MR) is 202 cm³/mol. The highest BCUT2D eigenvalue weighted by molar-refractivity contribution is 5.94. The first-order chi connectivity index (χ1) is 25.4. The smallest absolute Gasteiger partial charge is 0.264 e. The first kappa shape index (κ1) is 32.4. The van der Waals surface area contributed by atoms with Crippen molar-refractivity contribution in [3.63, 3.8) is 0 Å². The monoisotopic (exact) mass is 686 g/mol. The molecule has 52 heavy (non-hydrogen) atoms. The summed E-state index contributed by atoms with van der Waals surface area (Å²) in [6, 6.07) is 33.9. The van der Waals surface area contributed by atoms with Gasteiger partial charge in [0.25, 0.3) is 5.56 Å². The second-order valence-electron chi connectivity index (χ2n) is 12.7. The minimum absolute atomic E-state index is 0.160. The van der Waals surface area contributed by atoms with Crippen molar-refractivity contribution in [1.82, 2.24) is 23.6 Å². The fourth-order valence-corrected chi connectivity index (χ4v) is 6.56. The Morgan fingerprint density at radius 1 is 0.750 bits per heavy atom. The number of nitrogens with zero attached hydrogens (tertiary/aromatic N) is 6. The standard InChI is InChI=1S/C21H19N3O2.C21H15N3O2/c25-17-10-6-14(7-11-17)18-12-23(15-4-2-1-3-5-15)20-19(18)21(26)24(13-22-20)16-8-9-16;1-2-12-23-14-22-20-19(21(23)26)18(15-8-10-17(25)11-9-15)13-24(20)16-6-4-3-5-7-16/h1-7,10-13,16,21,25-26H,8-9H2;1,3-11,13-14,25H,12H2. The molecule has 0 amide bonds. The number of rotatable bonds is 6. The summed E-state index contributed by atoms with van der Waals surface area (Å²) < 4.78 is 5.32. The highest BCUT2D eigenvalue weighted by Crippen LogP contribution is 2.45. The Bertz CT molecular complexity index is 2510. The van der Waals surface area contributed by atoms with Crippen molar-refractivity contribution in [3.8, 4) is 57.5 Å². The maximum atomic E-state index is 13.0. The quantitative estimate of drug-likeness (QED) is 0.160. The zero-order valence-corrected chi connectivity index (χ0v) is 28.0. The number of para-hydroxylation sites is 2. The Balaban J connectivity index is 0.000000149. The largest absolute Gasteiger partial charge is 0.508 e. The van der Waals surface area contributed by atoms with Crippen LogP contribution < -0.4 is 5.56 Å². The van der Waals surface area contributed by atoms with Crippen molar-refractivity contribution in [2.24, 2.45) is 4.99 Å². The summed E-state index contributed by atoms with van der Waals surface area (Å²) >= 11 is 0. The molecule has 9 rings (SSSR count). The summed E-state index contributed by atoms with van der Waals surface area (Å²) in [6.45, 7) is 0.160. The summed E-state index contributed by atoms with van der Waals surface area (Å²) in [7, 11) is 0. The van der Waals surface area contributed by atoms with Crippen molar-refractivity contribution < 1.29 is 15.3 Å². The van der Waals surface area contributed by atoms with E-state index in [9.17, 15) is 20.1 Å². The molecule has 0 bridgehead atoms. The molecule has 256 valence electrons. The molecular formula is C42H34N6O4. The summed E-state index contributed by atoms with van der Waals surface area (Å²) in [5.74, 6) is 3.63. The van der Waals surface area contributed by atoms with E-state index in [2.05, 4.69) is 15.9 Å². The molecule has 0 saturated heterocycles. The van der Waals surface area contributed by atoms with E-state index in [1.807, 2.05) is 99.2 Å². The van der Waals surface area contributed by atoms with Crippen LogP contribution in [0.15, 0.2) is 138 Å². The number of terminal acetylenes is 1. The molecule has 4 heterocycles. The fourth-order valence-electron chi connectivity index (χ4n) is 6.56. The van der Waals surface area contributed by atoms with Crippen LogP contribution in [0.1, 0.15) is 24.6 Å². The number of fused-ring (bicyclic) bond motifs is 2. The normalized spacial score (nSPS) is 14.8. The van der Waals surface area contributed by atoms with Gasteiger partial charge in [-0.05, 0) is 72.5 Å². The maximum absolute atomic E-state index is 13.0. The van der Waals surface area contributed by atoms with Crippen molar-refractivity contribution in [2.75, 3.05) is 0 Å². The van der Waals surface area contributed by atoms with Crippen LogP contribution in [0, 0.1) is 12.3 Å². The molecule has 3 N–H and O–H groups in total. The van der Waals surface area contributed by atoms with E-state index >= 15 is 0 Å². The summed E-state index contributed by atoms with van der Waals surface area (Å²) in [5.41, 5.74) is 6.53. The second kappa shape index (κ2) is 13.5. The number of aromatic nitrogens is 4. The summed E-state index contributed by atoms with van der Waals surface area (Å²) in [6.07, 6.45) is 14.0. The van der Waals surface area contributed by atoms with Crippen LogP contribution in [0.4, 0.5) is 5.82 Å².